The van der Waals surface area contributed by atoms with Crippen LogP contribution in [0, 0.1) is 5.82 Å². The van der Waals surface area contributed by atoms with Crippen molar-refractivity contribution < 1.29 is 32.6 Å². The van der Waals surface area contributed by atoms with Crippen molar-refractivity contribution >= 4 is 5.91 Å². The highest BCUT2D eigenvalue weighted by molar-refractivity contribution is 5.84. The molecular weight excluding hydrogens is 294 g/mol. The summed E-state index contributed by atoms with van der Waals surface area (Å²) in [7, 11) is 0. The molecule has 1 rings (SSSR count). The van der Waals surface area contributed by atoms with Gasteiger partial charge in [-0.15, -0.1) is 0 Å². The number of phenols is 1. The molecule has 0 saturated heterocycles. The molecule has 118 valence electrons. The Balaban J connectivity index is 3.31. The van der Waals surface area contributed by atoms with E-state index in [1.807, 2.05) is 0 Å². The Bertz CT molecular complexity index is 557. The highest BCUT2D eigenvalue weighted by atomic mass is 19.4. The minimum Gasteiger partial charge on any atom is -0.508 e. The van der Waals surface area contributed by atoms with Crippen molar-refractivity contribution in [3.05, 3.63) is 29.6 Å². The van der Waals surface area contributed by atoms with Gasteiger partial charge in [-0.05, 0) is 23.6 Å². The quantitative estimate of drug-likeness (QED) is 0.744. The van der Waals surface area contributed by atoms with Gasteiger partial charge < -0.3 is 15.9 Å². The summed E-state index contributed by atoms with van der Waals surface area (Å²) in [6.45, 7) is 2.45. The number of amides is 1. The lowest BCUT2D eigenvalue weighted by molar-refractivity contribution is -0.255. The lowest BCUT2D eigenvalue weighted by Gasteiger charge is -2.35. The van der Waals surface area contributed by atoms with Crippen molar-refractivity contribution in [3.8, 4) is 5.75 Å². The monoisotopic (exact) mass is 309 g/mol. The Hall–Kier alpha value is -1.83. The molecule has 0 aliphatic carbocycles. The third-order valence-corrected chi connectivity index (χ3v) is 3.26. The second-order valence-electron chi connectivity index (χ2n) is 5.44. The van der Waals surface area contributed by atoms with Gasteiger partial charge in [-0.3, -0.25) is 4.79 Å². The number of benzene rings is 1. The maximum absolute atomic E-state index is 13.2. The average molecular weight is 309 g/mol. The van der Waals surface area contributed by atoms with Crippen LogP contribution in [0.4, 0.5) is 17.6 Å². The van der Waals surface area contributed by atoms with Crippen LogP contribution in [0.5, 0.6) is 5.75 Å². The predicted octanol–water partition coefficient (Wildman–Crippen LogP) is 1.98. The molecule has 0 radical (unpaired) electrons. The number of alkyl halides is 3. The number of phenolic OH excluding ortho intramolecular Hbond substituents is 1. The van der Waals surface area contributed by atoms with E-state index in [4.69, 9.17) is 0 Å². The van der Waals surface area contributed by atoms with Gasteiger partial charge in [0.2, 0.25) is 5.60 Å². The molecule has 1 unspecified atom stereocenters. The van der Waals surface area contributed by atoms with Crippen molar-refractivity contribution in [2.75, 3.05) is 0 Å². The smallest absolute Gasteiger partial charge is 0.426 e. The second-order valence-corrected chi connectivity index (χ2v) is 5.44. The molecule has 0 aliphatic rings. The molecule has 0 bridgehead atoms. The van der Waals surface area contributed by atoms with E-state index in [0.29, 0.717) is 0 Å². The van der Waals surface area contributed by atoms with Crippen molar-refractivity contribution in [3.63, 3.8) is 0 Å². The van der Waals surface area contributed by atoms with Crippen LogP contribution < -0.4 is 5.73 Å². The Kier molecular flexibility index (Phi) is 4.24. The van der Waals surface area contributed by atoms with E-state index in [1.54, 1.807) is 0 Å². The topological polar surface area (TPSA) is 83.5 Å². The number of aromatic hydroxyl groups is 1. The standard InChI is InChI=1S/C13H15F4NO3/c1-11(2,8-5-7(14)3-4-9(8)19)6-12(21,10(18)20)13(15,16)17/h3-5,19,21H,6H2,1-2H3,(H2,18,20). The van der Waals surface area contributed by atoms with Crippen LogP contribution in [-0.2, 0) is 10.2 Å². The molecule has 0 aliphatic heterocycles. The number of hydrogen-bond donors (Lipinski definition) is 3. The van der Waals surface area contributed by atoms with Crippen LogP contribution in [0.15, 0.2) is 18.2 Å². The lowest BCUT2D eigenvalue weighted by Crippen LogP contribution is -2.58. The minimum absolute atomic E-state index is 0.175. The van der Waals surface area contributed by atoms with Crippen molar-refractivity contribution in [2.45, 2.75) is 37.5 Å². The van der Waals surface area contributed by atoms with Gasteiger partial charge in [0, 0.05) is 12.0 Å². The molecule has 1 atom stereocenters. The van der Waals surface area contributed by atoms with E-state index in [-0.39, 0.29) is 5.56 Å². The van der Waals surface area contributed by atoms with E-state index >= 15 is 0 Å². The number of rotatable bonds is 4. The summed E-state index contributed by atoms with van der Waals surface area (Å²) in [5.41, 5.74) is -0.856. The third-order valence-electron chi connectivity index (χ3n) is 3.26. The van der Waals surface area contributed by atoms with Gasteiger partial charge in [0.05, 0.1) is 0 Å². The first-order valence-corrected chi connectivity index (χ1v) is 5.89. The molecule has 1 aromatic rings. The number of halogens is 4. The largest absolute Gasteiger partial charge is 0.508 e. The highest BCUT2D eigenvalue weighted by Crippen LogP contribution is 2.43. The maximum atomic E-state index is 13.2. The molecule has 1 amide bonds. The fourth-order valence-electron chi connectivity index (χ4n) is 2.11. The first-order chi connectivity index (χ1) is 9.31. The number of carbonyl (C=O) groups excluding carboxylic acids is 1. The van der Waals surface area contributed by atoms with Gasteiger partial charge in [-0.25, -0.2) is 4.39 Å². The molecule has 0 heterocycles. The molecular formula is C13H15F4NO3. The zero-order chi connectivity index (χ0) is 16.6. The molecule has 1 aromatic carbocycles. The van der Waals surface area contributed by atoms with Gasteiger partial charge in [0.1, 0.15) is 11.6 Å². The van der Waals surface area contributed by atoms with Gasteiger partial charge in [0.15, 0.2) is 0 Å². The van der Waals surface area contributed by atoms with Crippen LogP contribution in [-0.4, -0.2) is 27.9 Å². The number of hydrogen-bond acceptors (Lipinski definition) is 3. The summed E-state index contributed by atoms with van der Waals surface area (Å²) in [5.74, 6) is -3.18. The van der Waals surface area contributed by atoms with Crippen molar-refractivity contribution in [1.29, 1.82) is 0 Å². The van der Waals surface area contributed by atoms with E-state index in [0.717, 1.165) is 18.2 Å². The number of nitrogens with two attached hydrogens (primary N) is 1. The highest BCUT2D eigenvalue weighted by Gasteiger charge is 2.60. The van der Waals surface area contributed by atoms with Crippen LogP contribution in [0.1, 0.15) is 25.8 Å². The van der Waals surface area contributed by atoms with E-state index in [9.17, 15) is 32.6 Å². The summed E-state index contributed by atoms with van der Waals surface area (Å²) in [5, 5.41) is 19.3. The van der Waals surface area contributed by atoms with Crippen LogP contribution >= 0.6 is 0 Å². The first kappa shape index (κ1) is 17.2. The van der Waals surface area contributed by atoms with Crippen molar-refractivity contribution in [1.82, 2.24) is 0 Å². The predicted molar refractivity (Wildman–Crippen MR) is 65.9 cm³/mol. The fourth-order valence-corrected chi connectivity index (χ4v) is 2.11. The first-order valence-electron chi connectivity index (χ1n) is 5.89. The van der Waals surface area contributed by atoms with Crippen LogP contribution in [0.3, 0.4) is 0 Å². The zero-order valence-corrected chi connectivity index (χ0v) is 11.3. The Morgan fingerprint density at radius 2 is 1.81 bits per heavy atom. The van der Waals surface area contributed by atoms with Gasteiger partial charge in [0.25, 0.3) is 5.91 Å². The normalized spacial score (nSPS) is 15.6. The summed E-state index contributed by atoms with van der Waals surface area (Å²) in [4.78, 5) is 11.0. The molecule has 4 N–H and O–H groups in total. The maximum Gasteiger partial charge on any atom is 0.426 e. The summed E-state index contributed by atoms with van der Waals surface area (Å²) < 4.78 is 51.9. The van der Waals surface area contributed by atoms with Gasteiger partial charge in [-0.1, -0.05) is 13.8 Å². The third kappa shape index (κ3) is 3.26. The molecule has 21 heavy (non-hydrogen) atoms. The summed E-state index contributed by atoms with van der Waals surface area (Å²) >= 11 is 0. The molecule has 4 nitrogen and oxygen atoms in total. The number of aliphatic hydroxyl groups is 1. The Labute approximate surface area is 118 Å². The summed E-state index contributed by atoms with van der Waals surface area (Å²) in [6.07, 6.45) is -6.45. The molecule has 0 spiro atoms. The molecule has 0 aromatic heterocycles. The lowest BCUT2D eigenvalue weighted by atomic mass is 9.74. The zero-order valence-electron chi connectivity index (χ0n) is 11.3. The number of carbonyl (C=O) groups is 1. The van der Waals surface area contributed by atoms with E-state index in [2.05, 4.69) is 5.73 Å². The van der Waals surface area contributed by atoms with Crippen molar-refractivity contribution in [2.24, 2.45) is 5.73 Å². The van der Waals surface area contributed by atoms with Gasteiger partial charge >= 0.3 is 6.18 Å². The average Bonchev–Trinajstić information content (AvgIpc) is 2.29. The Morgan fingerprint density at radius 3 is 2.24 bits per heavy atom. The second kappa shape index (κ2) is 5.18. The minimum atomic E-state index is -5.29. The van der Waals surface area contributed by atoms with E-state index < -0.39 is 41.1 Å². The van der Waals surface area contributed by atoms with Crippen LogP contribution in [0.25, 0.3) is 0 Å². The molecule has 8 heteroatoms. The van der Waals surface area contributed by atoms with Gasteiger partial charge in [-0.2, -0.15) is 13.2 Å². The number of primary amides is 1. The fraction of sp³-hybridized carbons (Fsp3) is 0.462. The molecule has 0 saturated carbocycles. The Morgan fingerprint density at radius 1 is 1.29 bits per heavy atom. The van der Waals surface area contributed by atoms with E-state index in [1.165, 1.54) is 13.8 Å². The summed E-state index contributed by atoms with van der Waals surface area (Å²) in [6, 6.07) is 2.75. The van der Waals surface area contributed by atoms with Crippen LogP contribution in [0.2, 0.25) is 0 Å². The molecule has 0 fully saturated rings. The SMILES string of the molecule is CC(C)(CC(O)(C(N)=O)C(F)(F)F)c1cc(F)ccc1O.